The summed E-state index contributed by atoms with van der Waals surface area (Å²) < 4.78 is 1.03. The number of nitrogens with two attached hydrogens (primary N) is 1. The van der Waals surface area contributed by atoms with E-state index in [9.17, 15) is 4.79 Å². The van der Waals surface area contributed by atoms with E-state index in [1.165, 1.54) is 0 Å². The Morgan fingerprint density at radius 2 is 2.33 bits per heavy atom. The van der Waals surface area contributed by atoms with Crippen LogP contribution in [0.25, 0.3) is 0 Å². The van der Waals surface area contributed by atoms with Gasteiger partial charge in [-0.1, -0.05) is 11.6 Å². The number of benzene rings is 1. The number of nitrogens with one attached hydrogen (secondary N) is 1. The number of amides is 1. The molecule has 0 aliphatic heterocycles. The molecule has 3 N–H and O–H groups in total. The molecule has 0 aromatic heterocycles. The Kier molecular flexibility index (Phi) is 4.82. The Bertz CT molecular complexity index is 368. The van der Waals surface area contributed by atoms with Gasteiger partial charge in [-0.25, -0.2) is 0 Å². The van der Waals surface area contributed by atoms with Crippen LogP contribution in [0, 0.1) is 3.57 Å². The van der Waals surface area contributed by atoms with E-state index in [-0.39, 0.29) is 11.9 Å². The monoisotopic (exact) mass is 338 g/mol. The highest BCUT2D eigenvalue weighted by Crippen LogP contribution is 2.23. The lowest BCUT2D eigenvalue weighted by molar-refractivity contribution is -0.116. The molecule has 0 radical (unpaired) electrons. The van der Waals surface area contributed by atoms with Crippen molar-refractivity contribution in [1.82, 2.24) is 0 Å². The van der Waals surface area contributed by atoms with Crippen molar-refractivity contribution in [2.75, 3.05) is 5.32 Å². The number of rotatable bonds is 3. The summed E-state index contributed by atoms with van der Waals surface area (Å²) in [6.45, 7) is 1.79. The van der Waals surface area contributed by atoms with Gasteiger partial charge < -0.3 is 11.1 Å². The van der Waals surface area contributed by atoms with Crippen LogP contribution >= 0.6 is 34.2 Å². The highest BCUT2D eigenvalue weighted by Gasteiger charge is 2.07. The van der Waals surface area contributed by atoms with Crippen molar-refractivity contribution < 1.29 is 4.79 Å². The van der Waals surface area contributed by atoms with E-state index >= 15 is 0 Å². The minimum atomic E-state index is -0.146. The molecule has 3 nitrogen and oxygen atoms in total. The molecule has 0 saturated heterocycles. The van der Waals surface area contributed by atoms with Crippen LogP contribution in [0.4, 0.5) is 5.69 Å². The van der Waals surface area contributed by atoms with Crippen LogP contribution in [-0.2, 0) is 4.79 Å². The molecule has 0 heterocycles. The zero-order chi connectivity index (χ0) is 11.4. The van der Waals surface area contributed by atoms with Gasteiger partial charge in [0.2, 0.25) is 5.91 Å². The molecule has 0 spiro atoms. The molecule has 1 atom stereocenters. The number of halogens is 2. The maximum absolute atomic E-state index is 11.4. The van der Waals surface area contributed by atoms with Crippen LogP contribution in [0.2, 0.25) is 5.02 Å². The van der Waals surface area contributed by atoms with Crippen molar-refractivity contribution in [3.8, 4) is 0 Å². The minimum Gasteiger partial charge on any atom is -0.327 e. The molecule has 82 valence electrons. The number of carbonyl (C=O) groups is 1. The molecule has 0 saturated carbocycles. The number of hydrogen-bond donors (Lipinski definition) is 2. The molecule has 5 heteroatoms. The van der Waals surface area contributed by atoms with Crippen molar-refractivity contribution in [3.05, 3.63) is 26.8 Å². The summed E-state index contributed by atoms with van der Waals surface area (Å²) in [6, 6.07) is 5.31. The maximum atomic E-state index is 11.4. The highest BCUT2D eigenvalue weighted by molar-refractivity contribution is 14.1. The normalized spacial score (nSPS) is 12.3. The first-order valence-electron chi connectivity index (χ1n) is 4.49. The molecular formula is C10H12ClIN2O. The molecule has 15 heavy (non-hydrogen) atoms. The fraction of sp³-hybridized carbons (Fsp3) is 0.300. The maximum Gasteiger partial charge on any atom is 0.225 e. The summed E-state index contributed by atoms with van der Waals surface area (Å²) in [5.74, 6) is -0.117. The van der Waals surface area contributed by atoms with Crippen molar-refractivity contribution in [3.63, 3.8) is 0 Å². The lowest BCUT2D eigenvalue weighted by atomic mass is 10.2. The van der Waals surface area contributed by atoms with Crippen LogP contribution in [0.5, 0.6) is 0 Å². The molecule has 1 aromatic rings. The summed E-state index contributed by atoms with van der Waals surface area (Å²) in [7, 11) is 0. The molecule has 0 fully saturated rings. The smallest absolute Gasteiger partial charge is 0.225 e. The van der Waals surface area contributed by atoms with Crippen LogP contribution in [0.1, 0.15) is 13.3 Å². The first-order chi connectivity index (χ1) is 6.99. The van der Waals surface area contributed by atoms with Gasteiger partial charge >= 0.3 is 0 Å². The second-order valence-corrected chi connectivity index (χ2v) is 5.01. The Balaban J connectivity index is 2.68. The summed E-state index contributed by atoms with van der Waals surface area (Å²) in [4.78, 5) is 11.4. The van der Waals surface area contributed by atoms with Crippen LogP contribution in [0.3, 0.4) is 0 Å². The second kappa shape index (κ2) is 5.67. The van der Waals surface area contributed by atoms with Crippen LogP contribution in [-0.4, -0.2) is 11.9 Å². The lowest BCUT2D eigenvalue weighted by Gasteiger charge is -2.08. The largest absolute Gasteiger partial charge is 0.327 e. The van der Waals surface area contributed by atoms with E-state index in [1.807, 2.05) is 6.07 Å². The number of anilines is 1. The lowest BCUT2D eigenvalue weighted by Crippen LogP contribution is -2.24. The van der Waals surface area contributed by atoms with Crippen molar-refractivity contribution in [2.45, 2.75) is 19.4 Å². The van der Waals surface area contributed by atoms with Gasteiger partial charge in [0, 0.05) is 16.0 Å². The Morgan fingerprint density at radius 1 is 1.67 bits per heavy atom. The zero-order valence-electron chi connectivity index (χ0n) is 8.26. The summed E-state index contributed by atoms with van der Waals surface area (Å²) in [5, 5.41) is 3.26. The zero-order valence-corrected chi connectivity index (χ0v) is 11.2. The van der Waals surface area contributed by atoms with E-state index in [1.54, 1.807) is 19.1 Å². The van der Waals surface area contributed by atoms with Gasteiger partial charge in [-0.3, -0.25) is 4.79 Å². The third-order valence-corrected chi connectivity index (χ3v) is 2.70. The summed E-state index contributed by atoms with van der Waals surface area (Å²) >= 11 is 8.12. The Morgan fingerprint density at radius 3 is 2.87 bits per heavy atom. The first-order valence-corrected chi connectivity index (χ1v) is 5.95. The number of carbonyl (C=O) groups excluding carboxylic acids is 1. The molecule has 0 aliphatic rings. The third kappa shape index (κ3) is 4.36. The van der Waals surface area contributed by atoms with Gasteiger partial charge in [-0.15, -0.1) is 0 Å². The average molecular weight is 339 g/mol. The average Bonchev–Trinajstić information content (AvgIpc) is 2.08. The van der Waals surface area contributed by atoms with E-state index in [2.05, 4.69) is 27.9 Å². The van der Waals surface area contributed by atoms with Gasteiger partial charge in [-0.05, 0) is 47.7 Å². The second-order valence-electron chi connectivity index (χ2n) is 3.35. The van der Waals surface area contributed by atoms with Crippen molar-refractivity contribution in [2.24, 2.45) is 5.73 Å². The standard InChI is InChI=1S/C10H12ClIN2O/c1-6(13)4-10(15)14-9-3-2-7(12)5-8(9)11/h2-3,5-6H,4,13H2,1H3,(H,14,15). The topological polar surface area (TPSA) is 55.1 Å². The summed E-state index contributed by atoms with van der Waals surface area (Å²) in [6.07, 6.45) is 0.294. The quantitative estimate of drug-likeness (QED) is 0.833. The minimum absolute atomic E-state index is 0.117. The predicted octanol–water partition coefficient (Wildman–Crippen LogP) is 2.62. The van der Waals surface area contributed by atoms with Crippen molar-refractivity contribution >= 4 is 45.8 Å². The SMILES string of the molecule is CC(N)CC(=O)Nc1ccc(I)cc1Cl. The Labute approximate surface area is 108 Å². The van der Waals surface area contributed by atoms with E-state index in [0.29, 0.717) is 17.1 Å². The molecule has 0 aliphatic carbocycles. The highest BCUT2D eigenvalue weighted by atomic mass is 127. The molecular weight excluding hydrogens is 326 g/mol. The Hall–Kier alpha value is -0.330. The van der Waals surface area contributed by atoms with E-state index in [4.69, 9.17) is 17.3 Å². The molecule has 0 bridgehead atoms. The van der Waals surface area contributed by atoms with Crippen LogP contribution < -0.4 is 11.1 Å². The van der Waals surface area contributed by atoms with E-state index < -0.39 is 0 Å². The first kappa shape index (κ1) is 12.7. The molecule has 1 rings (SSSR count). The van der Waals surface area contributed by atoms with Gasteiger partial charge in [0.25, 0.3) is 0 Å². The third-order valence-electron chi connectivity index (χ3n) is 1.71. The predicted molar refractivity (Wildman–Crippen MR) is 71.1 cm³/mol. The van der Waals surface area contributed by atoms with Gasteiger partial charge in [-0.2, -0.15) is 0 Å². The van der Waals surface area contributed by atoms with E-state index in [0.717, 1.165) is 3.57 Å². The van der Waals surface area contributed by atoms with Gasteiger partial charge in [0.05, 0.1) is 10.7 Å². The molecule has 1 unspecified atom stereocenters. The fourth-order valence-electron chi connectivity index (χ4n) is 1.08. The van der Waals surface area contributed by atoms with Gasteiger partial charge in [0.1, 0.15) is 0 Å². The van der Waals surface area contributed by atoms with Crippen LogP contribution in [0.15, 0.2) is 18.2 Å². The summed E-state index contributed by atoms with van der Waals surface area (Å²) in [5.41, 5.74) is 6.14. The fourth-order valence-corrected chi connectivity index (χ4v) is 1.99. The molecule has 1 amide bonds. The molecule has 1 aromatic carbocycles. The van der Waals surface area contributed by atoms with Gasteiger partial charge in [0.15, 0.2) is 0 Å². The number of hydrogen-bond acceptors (Lipinski definition) is 2. The van der Waals surface area contributed by atoms with Crippen molar-refractivity contribution in [1.29, 1.82) is 0 Å².